The molecule has 1 atom stereocenters. The highest BCUT2D eigenvalue weighted by Gasteiger charge is 2.35. The largest absolute Gasteiger partial charge is 0.618 e. The van der Waals surface area contributed by atoms with Crippen molar-refractivity contribution in [1.29, 1.82) is 0 Å². The first-order valence-electron chi connectivity index (χ1n) is 7.92. The van der Waals surface area contributed by atoms with E-state index in [1.807, 2.05) is 0 Å². The number of urea groups is 1. The van der Waals surface area contributed by atoms with Gasteiger partial charge in [-0.05, 0) is 36.9 Å². The molecule has 2 N–H and O–H groups in total. The van der Waals surface area contributed by atoms with E-state index in [1.165, 1.54) is 24.2 Å². The van der Waals surface area contributed by atoms with E-state index in [9.17, 15) is 14.8 Å². The van der Waals surface area contributed by atoms with Gasteiger partial charge in [0, 0.05) is 23.6 Å². The highest BCUT2D eigenvalue weighted by atomic mass is 32.2. The van der Waals surface area contributed by atoms with E-state index in [4.69, 9.17) is 9.15 Å². The molecular weight excluding hydrogens is 358 g/mol. The van der Waals surface area contributed by atoms with Crippen molar-refractivity contribution in [2.24, 2.45) is 0 Å². The van der Waals surface area contributed by atoms with Crippen LogP contribution in [0.4, 0.5) is 4.79 Å². The average molecular weight is 375 g/mol. The van der Waals surface area contributed by atoms with Gasteiger partial charge in [0.1, 0.15) is 11.8 Å². The fraction of sp³-hybridized carbons (Fsp3) is 0.235. The Morgan fingerprint density at radius 1 is 1.38 bits per heavy atom. The molecule has 8 nitrogen and oxygen atoms in total. The van der Waals surface area contributed by atoms with Crippen LogP contribution in [-0.4, -0.2) is 24.4 Å². The van der Waals surface area contributed by atoms with Crippen LogP contribution in [0.25, 0.3) is 0 Å². The van der Waals surface area contributed by atoms with Gasteiger partial charge in [-0.15, -0.1) is 0 Å². The van der Waals surface area contributed by atoms with Gasteiger partial charge in [0.25, 0.3) is 5.03 Å². The molecule has 9 heteroatoms. The minimum Gasteiger partial charge on any atom is -0.618 e. The number of esters is 1. The molecule has 0 aromatic carbocycles. The fourth-order valence-corrected chi connectivity index (χ4v) is 3.40. The summed E-state index contributed by atoms with van der Waals surface area (Å²) in [5, 5.41) is 17.6. The van der Waals surface area contributed by atoms with Gasteiger partial charge in [0.05, 0.1) is 18.4 Å². The van der Waals surface area contributed by atoms with Gasteiger partial charge < -0.3 is 25.0 Å². The number of pyridine rings is 1. The summed E-state index contributed by atoms with van der Waals surface area (Å²) in [6, 6.07) is 7.15. The number of rotatable bonds is 6. The summed E-state index contributed by atoms with van der Waals surface area (Å²) in [6.45, 7) is 1.90. The first-order chi connectivity index (χ1) is 12.6. The van der Waals surface area contributed by atoms with Crippen LogP contribution in [0, 0.1) is 5.21 Å². The predicted molar refractivity (Wildman–Crippen MR) is 92.9 cm³/mol. The molecule has 0 bridgehead atoms. The molecule has 2 aromatic heterocycles. The van der Waals surface area contributed by atoms with Crippen molar-refractivity contribution in [2.75, 3.05) is 12.4 Å². The van der Waals surface area contributed by atoms with Gasteiger partial charge >= 0.3 is 12.0 Å². The van der Waals surface area contributed by atoms with Crippen LogP contribution in [0.2, 0.25) is 0 Å². The Morgan fingerprint density at radius 3 is 2.92 bits per heavy atom. The van der Waals surface area contributed by atoms with Crippen LogP contribution >= 0.6 is 11.8 Å². The van der Waals surface area contributed by atoms with E-state index >= 15 is 0 Å². The molecule has 0 saturated carbocycles. The molecule has 3 rings (SSSR count). The molecule has 0 fully saturated rings. The highest BCUT2D eigenvalue weighted by molar-refractivity contribution is 7.99. The van der Waals surface area contributed by atoms with E-state index in [0.29, 0.717) is 16.5 Å². The van der Waals surface area contributed by atoms with Gasteiger partial charge in [0.2, 0.25) is 0 Å². The second kappa shape index (κ2) is 7.96. The minimum atomic E-state index is -0.761. The second-order valence-electron chi connectivity index (χ2n) is 5.31. The zero-order valence-corrected chi connectivity index (χ0v) is 14.7. The molecule has 0 radical (unpaired) electrons. The van der Waals surface area contributed by atoms with Crippen molar-refractivity contribution in [3.8, 4) is 0 Å². The third-order valence-electron chi connectivity index (χ3n) is 3.63. The average Bonchev–Trinajstić information content (AvgIpc) is 3.15. The van der Waals surface area contributed by atoms with E-state index < -0.39 is 18.0 Å². The summed E-state index contributed by atoms with van der Waals surface area (Å²) in [6.07, 6.45) is 2.85. The zero-order valence-electron chi connectivity index (χ0n) is 13.9. The van der Waals surface area contributed by atoms with Crippen molar-refractivity contribution >= 4 is 23.8 Å². The number of ether oxygens (including phenoxy) is 1. The monoisotopic (exact) mass is 375 g/mol. The quantitative estimate of drug-likeness (QED) is 0.345. The van der Waals surface area contributed by atoms with E-state index in [1.54, 1.807) is 37.3 Å². The van der Waals surface area contributed by atoms with Crippen molar-refractivity contribution in [1.82, 2.24) is 10.6 Å². The van der Waals surface area contributed by atoms with E-state index in [-0.39, 0.29) is 17.9 Å². The first kappa shape index (κ1) is 17.9. The minimum absolute atomic E-state index is 0.195. The maximum Gasteiger partial charge on any atom is 0.338 e. The van der Waals surface area contributed by atoms with Crippen LogP contribution in [0.15, 0.2) is 63.5 Å². The number of carbonyl (C=O) groups is 2. The fourth-order valence-electron chi connectivity index (χ4n) is 2.52. The van der Waals surface area contributed by atoms with Gasteiger partial charge in [0.15, 0.2) is 6.20 Å². The maximum absolute atomic E-state index is 12.5. The predicted octanol–water partition coefficient (Wildman–Crippen LogP) is 1.88. The summed E-state index contributed by atoms with van der Waals surface area (Å²) in [7, 11) is 0. The Labute approximate surface area is 153 Å². The molecule has 0 aliphatic carbocycles. The zero-order chi connectivity index (χ0) is 18.5. The van der Waals surface area contributed by atoms with Crippen molar-refractivity contribution in [2.45, 2.75) is 18.0 Å². The van der Waals surface area contributed by atoms with Crippen molar-refractivity contribution in [3.63, 3.8) is 0 Å². The van der Waals surface area contributed by atoms with Gasteiger partial charge in [-0.3, -0.25) is 0 Å². The first-order valence-corrected chi connectivity index (χ1v) is 8.90. The summed E-state index contributed by atoms with van der Waals surface area (Å²) in [4.78, 5) is 24.6. The third kappa shape index (κ3) is 3.83. The Bertz CT molecular complexity index is 835. The smallest absolute Gasteiger partial charge is 0.338 e. The molecule has 1 aliphatic rings. The van der Waals surface area contributed by atoms with E-state index in [2.05, 4.69) is 10.6 Å². The standard InChI is InChI=1S/C17H17N3O5S/c1-2-24-16(21)14-11(10-26-13-7-3-4-8-20(13)23)18-17(22)19-15(14)12-6-5-9-25-12/h3-9,15H,2,10H2,1H3,(H2,18,19,22). The number of hydrogen-bond acceptors (Lipinski definition) is 6. The van der Waals surface area contributed by atoms with Crippen LogP contribution in [-0.2, 0) is 9.53 Å². The molecule has 1 unspecified atom stereocenters. The summed E-state index contributed by atoms with van der Waals surface area (Å²) < 4.78 is 11.2. The van der Waals surface area contributed by atoms with Crippen LogP contribution in [0.3, 0.4) is 0 Å². The van der Waals surface area contributed by atoms with Crippen LogP contribution < -0.4 is 15.4 Å². The topological polar surface area (TPSA) is 108 Å². The lowest BCUT2D eigenvalue weighted by molar-refractivity contribution is -0.645. The lowest BCUT2D eigenvalue weighted by Gasteiger charge is -2.27. The summed E-state index contributed by atoms with van der Waals surface area (Å²) in [5.41, 5.74) is 0.629. The Morgan fingerprint density at radius 2 is 2.23 bits per heavy atom. The SMILES string of the molecule is CCOC(=O)C1=C(CSc2cccc[n+]2[O-])NC(=O)NC1c1ccco1. The third-order valence-corrected chi connectivity index (χ3v) is 4.67. The number of nitrogens with zero attached hydrogens (tertiary/aromatic N) is 1. The molecule has 0 spiro atoms. The lowest BCUT2D eigenvalue weighted by atomic mass is 10.0. The molecule has 136 valence electrons. The molecular formula is C17H17N3O5S. The van der Waals surface area contributed by atoms with Crippen molar-refractivity contribution < 1.29 is 23.5 Å². The lowest BCUT2D eigenvalue weighted by Crippen LogP contribution is -2.46. The molecule has 2 amide bonds. The van der Waals surface area contributed by atoms with Crippen LogP contribution in [0.1, 0.15) is 18.7 Å². The number of furan rings is 1. The van der Waals surface area contributed by atoms with Gasteiger partial charge in [-0.1, -0.05) is 0 Å². The number of aromatic nitrogens is 1. The summed E-state index contributed by atoms with van der Waals surface area (Å²) >= 11 is 1.21. The Kier molecular flexibility index (Phi) is 5.47. The number of nitrogens with one attached hydrogen (secondary N) is 2. The number of thioether (sulfide) groups is 1. The Balaban J connectivity index is 1.94. The number of amides is 2. The number of carbonyl (C=O) groups excluding carboxylic acids is 2. The molecule has 26 heavy (non-hydrogen) atoms. The molecule has 1 aliphatic heterocycles. The van der Waals surface area contributed by atoms with E-state index in [0.717, 1.165) is 4.73 Å². The molecule has 3 heterocycles. The van der Waals surface area contributed by atoms with Crippen molar-refractivity contribution in [3.05, 3.63) is 65.0 Å². The normalized spacial score (nSPS) is 16.8. The highest BCUT2D eigenvalue weighted by Crippen LogP contribution is 2.30. The molecule has 0 saturated heterocycles. The van der Waals surface area contributed by atoms with Gasteiger partial charge in [-0.25, -0.2) is 9.59 Å². The second-order valence-corrected chi connectivity index (χ2v) is 6.31. The summed E-state index contributed by atoms with van der Waals surface area (Å²) in [5.74, 6) is 0.0782. The number of hydrogen-bond donors (Lipinski definition) is 2. The van der Waals surface area contributed by atoms with Crippen LogP contribution in [0.5, 0.6) is 0 Å². The maximum atomic E-state index is 12.5. The Hall–Kier alpha value is -2.94. The molecule has 2 aromatic rings. The van der Waals surface area contributed by atoms with Gasteiger partial charge in [-0.2, -0.15) is 4.73 Å².